The van der Waals surface area contributed by atoms with Crippen molar-refractivity contribution in [2.45, 2.75) is 18.9 Å². The number of H-pyrrole nitrogens is 1. The number of hydrogen-bond donors (Lipinski definition) is 4. The van der Waals surface area contributed by atoms with Crippen LogP contribution < -0.4 is 10.2 Å². The second-order valence-corrected chi connectivity index (χ2v) is 5.80. The number of aromatic nitrogens is 4. The van der Waals surface area contributed by atoms with E-state index in [1.54, 1.807) is 6.33 Å². The van der Waals surface area contributed by atoms with Crippen molar-refractivity contribution in [1.82, 2.24) is 25.3 Å². The highest BCUT2D eigenvalue weighted by Crippen LogP contribution is 2.23. The molecule has 0 radical (unpaired) electrons. The summed E-state index contributed by atoms with van der Waals surface area (Å²) in [4.78, 5) is 48.4. The van der Waals surface area contributed by atoms with Crippen LogP contribution in [0.5, 0.6) is 0 Å². The molecule has 0 saturated carbocycles. The first kappa shape index (κ1) is 20.6. The van der Waals surface area contributed by atoms with E-state index in [1.165, 1.54) is 12.4 Å². The summed E-state index contributed by atoms with van der Waals surface area (Å²) in [7, 11) is 0. The molecule has 2 aromatic rings. The molecule has 0 unspecified atom stereocenters. The smallest absolute Gasteiger partial charge is 0.328 e. The number of imidazole rings is 1. The van der Waals surface area contributed by atoms with Crippen LogP contribution in [0.3, 0.4) is 0 Å². The molecule has 28 heavy (non-hydrogen) atoms. The number of aliphatic carboxylic acids is 2. The van der Waals surface area contributed by atoms with Crippen molar-refractivity contribution in [1.29, 1.82) is 0 Å². The molecule has 1 saturated heterocycles. The summed E-state index contributed by atoms with van der Waals surface area (Å²) in [5.74, 6) is -1.84. The molecule has 148 valence electrons. The Morgan fingerprint density at radius 1 is 1.21 bits per heavy atom. The minimum atomic E-state index is -1.26. The van der Waals surface area contributed by atoms with Gasteiger partial charge in [-0.1, -0.05) is 6.58 Å². The molecular weight excluding hydrogens is 368 g/mol. The van der Waals surface area contributed by atoms with E-state index in [4.69, 9.17) is 10.2 Å². The van der Waals surface area contributed by atoms with Crippen LogP contribution in [0.25, 0.3) is 11.2 Å². The van der Waals surface area contributed by atoms with E-state index in [9.17, 15) is 14.4 Å². The van der Waals surface area contributed by atoms with Crippen LogP contribution in [-0.4, -0.2) is 67.1 Å². The number of nitrogens with zero attached hydrogens (tertiary/aromatic N) is 4. The third kappa shape index (κ3) is 5.90. The Morgan fingerprint density at radius 3 is 2.57 bits per heavy atom. The van der Waals surface area contributed by atoms with Crippen molar-refractivity contribution in [3.05, 3.63) is 37.5 Å². The van der Waals surface area contributed by atoms with Gasteiger partial charge in [0.1, 0.15) is 11.8 Å². The Hall–Kier alpha value is -3.76. The molecule has 0 spiro atoms. The normalized spacial score (nSPS) is 16.3. The van der Waals surface area contributed by atoms with Gasteiger partial charge in [0.15, 0.2) is 11.5 Å². The van der Waals surface area contributed by atoms with Crippen LogP contribution in [0.4, 0.5) is 5.82 Å². The summed E-state index contributed by atoms with van der Waals surface area (Å²) < 4.78 is 0. The maximum absolute atomic E-state index is 11.4. The lowest BCUT2D eigenvalue weighted by Gasteiger charge is -2.33. The highest BCUT2D eigenvalue weighted by Gasteiger charge is 2.23. The average molecular weight is 388 g/mol. The molecule has 3 rings (SSSR count). The van der Waals surface area contributed by atoms with Crippen molar-refractivity contribution >= 4 is 34.8 Å². The fraction of sp³-hybridized carbons (Fsp3) is 0.294. The number of piperidine rings is 1. The zero-order valence-electron chi connectivity index (χ0n) is 14.9. The van der Waals surface area contributed by atoms with Crippen LogP contribution >= 0.6 is 0 Å². The van der Waals surface area contributed by atoms with Crippen molar-refractivity contribution in [3.63, 3.8) is 0 Å². The van der Waals surface area contributed by atoms with Gasteiger partial charge in [-0.25, -0.2) is 24.5 Å². The SMILES string of the molecule is C=CC(=O)N[C@@H]1CCCN(c2ncnc3[nH]cnc23)C1.O=C(O)/C=C\C(=O)O. The summed E-state index contributed by atoms with van der Waals surface area (Å²) in [5.41, 5.74) is 1.50. The number of nitrogens with one attached hydrogen (secondary N) is 2. The lowest BCUT2D eigenvalue weighted by atomic mass is 10.1. The van der Waals surface area contributed by atoms with Gasteiger partial charge in [0.05, 0.1) is 6.33 Å². The number of rotatable bonds is 5. The third-order valence-electron chi connectivity index (χ3n) is 3.82. The van der Waals surface area contributed by atoms with Gasteiger partial charge in [0.2, 0.25) is 5.91 Å². The van der Waals surface area contributed by atoms with Gasteiger partial charge >= 0.3 is 11.9 Å². The molecule has 1 aliphatic heterocycles. The van der Waals surface area contributed by atoms with Crippen LogP contribution in [0, 0.1) is 0 Å². The maximum Gasteiger partial charge on any atom is 0.328 e. The topological polar surface area (TPSA) is 161 Å². The van der Waals surface area contributed by atoms with Crippen LogP contribution in [-0.2, 0) is 14.4 Å². The highest BCUT2D eigenvalue weighted by atomic mass is 16.4. The summed E-state index contributed by atoms with van der Waals surface area (Å²) in [6, 6.07) is 0.109. The van der Waals surface area contributed by atoms with E-state index in [1.807, 2.05) is 0 Å². The van der Waals surface area contributed by atoms with Crippen molar-refractivity contribution in [2.75, 3.05) is 18.0 Å². The number of fused-ring (bicyclic) bond motifs is 1. The lowest BCUT2D eigenvalue weighted by Crippen LogP contribution is -2.47. The fourth-order valence-corrected chi connectivity index (χ4v) is 2.67. The monoisotopic (exact) mass is 388 g/mol. The molecule has 3 heterocycles. The van der Waals surface area contributed by atoms with E-state index in [2.05, 4.69) is 36.7 Å². The minimum absolute atomic E-state index is 0.109. The first-order chi connectivity index (χ1) is 13.4. The second-order valence-electron chi connectivity index (χ2n) is 5.80. The van der Waals surface area contributed by atoms with E-state index in [0.29, 0.717) is 12.2 Å². The molecule has 0 aromatic carbocycles. The number of amides is 1. The van der Waals surface area contributed by atoms with Gasteiger partial charge < -0.3 is 25.4 Å². The zero-order chi connectivity index (χ0) is 20.5. The molecule has 4 N–H and O–H groups in total. The molecule has 1 aliphatic rings. The van der Waals surface area contributed by atoms with E-state index in [-0.39, 0.29) is 11.9 Å². The first-order valence-corrected chi connectivity index (χ1v) is 8.36. The van der Waals surface area contributed by atoms with Gasteiger partial charge in [-0.05, 0) is 18.9 Å². The molecule has 0 bridgehead atoms. The summed E-state index contributed by atoms with van der Waals surface area (Å²) in [6.07, 6.45) is 7.52. The van der Waals surface area contributed by atoms with Gasteiger partial charge in [0.25, 0.3) is 0 Å². The Morgan fingerprint density at radius 2 is 1.93 bits per heavy atom. The number of hydrogen-bond acceptors (Lipinski definition) is 7. The number of aromatic amines is 1. The zero-order valence-corrected chi connectivity index (χ0v) is 14.9. The van der Waals surface area contributed by atoms with E-state index < -0.39 is 11.9 Å². The fourth-order valence-electron chi connectivity index (χ4n) is 2.67. The van der Waals surface area contributed by atoms with E-state index in [0.717, 1.165) is 42.9 Å². The average Bonchev–Trinajstić information content (AvgIpc) is 3.16. The predicted molar refractivity (Wildman–Crippen MR) is 99.7 cm³/mol. The standard InChI is InChI=1S/C13H16N6O.C4H4O4/c1-2-10(20)18-9-4-3-5-19(6-9)13-11-12(15-7-14-11)16-8-17-13;5-3(6)1-2-4(7)8/h2,7-9H,1,3-6H2,(H,18,20)(H,14,15,16,17);1-2H,(H,5,6)(H,7,8)/b;2-1-/t9-;/m1./s1. The van der Waals surface area contributed by atoms with Crippen molar-refractivity contribution in [3.8, 4) is 0 Å². The van der Waals surface area contributed by atoms with Crippen LogP contribution in [0.1, 0.15) is 12.8 Å². The molecule has 1 fully saturated rings. The van der Waals surface area contributed by atoms with Crippen molar-refractivity contribution < 1.29 is 24.6 Å². The molecule has 0 aliphatic carbocycles. The lowest BCUT2D eigenvalue weighted by molar-refractivity contribution is -0.134. The predicted octanol–water partition coefficient (Wildman–Crippen LogP) is 0.336. The number of carboxylic acid groups (broad SMARTS) is 2. The second kappa shape index (κ2) is 9.80. The van der Waals surface area contributed by atoms with Gasteiger partial charge in [-0.15, -0.1) is 0 Å². The summed E-state index contributed by atoms with van der Waals surface area (Å²) >= 11 is 0. The minimum Gasteiger partial charge on any atom is -0.478 e. The van der Waals surface area contributed by atoms with Crippen LogP contribution in [0.15, 0.2) is 37.5 Å². The summed E-state index contributed by atoms with van der Waals surface area (Å²) in [5, 5.41) is 18.6. The number of anilines is 1. The summed E-state index contributed by atoms with van der Waals surface area (Å²) in [6.45, 7) is 5.10. The van der Waals surface area contributed by atoms with Gasteiger partial charge in [-0.3, -0.25) is 4.79 Å². The first-order valence-electron chi connectivity index (χ1n) is 8.36. The number of carboxylic acids is 2. The molecule has 11 heteroatoms. The molecule has 11 nitrogen and oxygen atoms in total. The number of carbonyl (C=O) groups is 3. The Bertz CT molecular complexity index is 877. The molecule has 2 aromatic heterocycles. The Labute approximate surface area is 159 Å². The van der Waals surface area contributed by atoms with Crippen molar-refractivity contribution in [2.24, 2.45) is 0 Å². The van der Waals surface area contributed by atoms with Gasteiger partial charge in [0, 0.05) is 31.3 Å². The largest absolute Gasteiger partial charge is 0.478 e. The Kier molecular flexibility index (Phi) is 7.20. The maximum atomic E-state index is 11.4. The quantitative estimate of drug-likeness (QED) is 0.529. The molecular formula is C17H20N6O5. The number of carbonyl (C=O) groups excluding carboxylic acids is 1. The molecule has 1 atom stereocenters. The van der Waals surface area contributed by atoms with Crippen LogP contribution in [0.2, 0.25) is 0 Å². The Balaban J connectivity index is 0.000000300. The highest BCUT2D eigenvalue weighted by molar-refractivity contribution is 5.89. The third-order valence-corrected chi connectivity index (χ3v) is 3.82. The van der Waals surface area contributed by atoms with Gasteiger partial charge in [-0.2, -0.15) is 0 Å². The van der Waals surface area contributed by atoms with E-state index >= 15 is 0 Å². The molecule has 1 amide bonds.